The van der Waals surface area contributed by atoms with Gasteiger partial charge in [-0.25, -0.2) is 4.79 Å². The number of allylic oxidation sites excluding steroid dienone is 2. The molecule has 4 heteroatoms. The first-order valence-electron chi connectivity index (χ1n) is 6.57. The summed E-state index contributed by atoms with van der Waals surface area (Å²) < 4.78 is 9.97. The predicted octanol–water partition coefficient (Wildman–Crippen LogP) is 1.94. The molecule has 100 valence electrons. The molecule has 0 spiro atoms. The first kappa shape index (κ1) is 13.1. The molecule has 0 aromatic carbocycles. The van der Waals surface area contributed by atoms with Gasteiger partial charge in [0.1, 0.15) is 0 Å². The van der Waals surface area contributed by atoms with E-state index in [1.807, 2.05) is 13.8 Å². The van der Waals surface area contributed by atoms with Crippen molar-refractivity contribution in [2.24, 2.45) is 23.7 Å². The Morgan fingerprint density at radius 1 is 1.22 bits per heavy atom. The molecule has 0 radical (unpaired) electrons. The third-order valence-corrected chi connectivity index (χ3v) is 3.49. The summed E-state index contributed by atoms with van der Waals surface area (Å²) in [5.74, 6) is 0.358. The molecular weight excluding hydrogens is 232 g/mol. The van der Waals surface area contributed by atoms with Gasteiger partial charge in [0.2, 0.25) is 0 Å². The molecule has 1 fully saturated rings. The maximum Gasteiger partial charge on any atom is 0.344 e. The van der Waals surface area contributed by atoms with E-state index in [9.17, 15) is 9.59 Å². The molecule has 2 aliphatic rings. The molecule has 0 aliphatic heterocycles. The first-order chi connectivity index (χ1) is 8.56. The van der Waals surface area contributed by atoms with Crippen molar-refractivity contribution in [2.45, 2.75) is 26.7 Å². The van der Waals surface area contributed by atoms with E-state index in [4.69, 9.17) is 9.47 Å². The molecule has 1 saturated carbocycles. The van der Waals surface area contributed by atoms with Crippen LogP contribution in [0.3, 0.4) is 0 Å². The third kappa shape index (κ3) is 3.12. The summed E-state index contributed by atoms with van der Waals surface area (Å²) >= 11 is 0. The largest absolute Gasteiger partial charge is 0.463 e. The number of carbonyl (C=O) groups is 2. The van der Waals surface area contributed by atoms with Crippen molar-refractivity contribution in [3.05, 3.63) is 12.2 Å². The maximum atomic E-state index is 11.8. The molecule has 0 amide bonds. The molecule has 2 bridgehead atoms. The highest BCUT2D eigenvalue weighted by atomic mass is 16.6. The first-order valence-corrected chi connectivity index (χ1v) is 6.57. The van der Waals surface area contributed by atoms with Gasteiger partial charge in [0, 0.05) is 0 Å². The van der Waals surface area contributed by atoms with Crippen molar-refractivity contribution in [2.75, 3.05) is 13.2 Å². The van der Waals surface area contributed by atoms with Gasteiger partial charge in [-0.3, -0.25) is 4.79 Å². The highest BCUT2D eigenvalue weighted by Crippen LogP contribution is 2.43. The number of esters is 2. The lowest BCUT2D eigenvalue weighted by Gasteiger charge is -2.16. The number of carbonyl (C=O) groups excluding carboxylic acids is 2. The smallest absolute Gasteiger partial charge is 0.344 e. The quantitative estimate of drug-likeness (QED) is 0.554. The summed E-state index contributed by atoms with van der Waals surface area (Å²) in [5, 5.41) is 0. The summed E-state index contributed by atoms with van der Waals surface area (Å²) in [6.45, 7) is 4.03. The van der Waals surface area contributed by atoms with Gasteiger partial charge in [-0.1, -0.05) is 26.0 Å². The van der Waals surface area contributed by atoms with Gasteiger partial charge in [-0.05, 0) is 30.6 Å². The second-order valence-electron chi connectivity index (χ2n) is 5.57. The summed E-state index contributed by atoms with van der Waals surface area (Å²) in [6.07, 6.45) is 6.18. The summed E-state index contributed by atoms with van der Waals surface area (Å²) in [4.78, 5) is 23.1. The van der Waals surface area contributed by atoms with Gasteiger partial charge in [0.05, 0.1) is 12.5 Å². The van der Waals surface area contributed by atoms with E-state index in [0.717, 1.165) is 12.8 Å². The van der Waals surface area contributed by atoms with Crippen LogP contribution in [0.15, 0.2) is 12.2 Å². The summed E-state index contributed by atoms with van der Waals surface area (Å²) in [6, 6.07) is 0. The predicted molar refractivity (Wildman–Crippen MR) is 65.6 cm³/mol. The molecule has 0 aromatic heterocycles. The Hall–Kier alpha value is -1.32. The van der Waals surface area contributed by atoms with E-state index in [-0.39, 0.29) is 18.5 Å². The lowest BCUT2D eigenvalue weighted by atomic mass is 9.94. The summed E-state index contributed by atoms with van der Waals surface area (Å²) in [5.41, 5.74) is 0. The Morgan fingerprint density at radius 2 is 2.00 bits per heavy atom. The van der Waals surface area contributed by atoms with Gasteiger partial charge < -0.3 is 9.47 Å². The van der Waals surface area contributed by atoms with Gasteiger partial charge in [0.25, 0.3) is 0 Å². The molecule has 0 heterocycles. The number of fused-ring (bicyclic) bond motifs is 2. The Kier molecular flexibility index (Phi) is 4.04. The van der Waals surface area contributed by atoms with Gasteiger partial charge in [-0.15, -0.1) is 0 Å². The molecule has 3 atom stereocenters. The minimum atomic E-state index is -0.462. The van der Waals surface area contributed by atoms with Crippen LogP contribution < -0.4 is 0 Å². The third-order valence-electron chi connectivity index (χ3n) is 3.49. The second kappa shape index (κ2) is 5.55. The average molecular weight is 252 g/mol. The zero-order chi connectivity index (χ0) is 13.1. The Bertz CT molecular complexity index is 359. The lowest BCUT2D eigenvalue weighted by molar-refractivity contribution is -0.162. The van der Waals surface area contributed by atoms with Gasteiger partial charge in [-0.2, -0.15) is 0 Å². The molecule has 0 N–H and O–H groups in total. The van der Waals surface area contributed by atoms with E-state index < -0.39 is 5.97 Å². The number of hydrogen-bond acceptors (Lipinski definition) is 4. The van der Waals surface area contributed by atoms with Crippen molar-refractivity contribution < 1.29 is 19.1 Å². The van der Waals surface area contributed by atoms with E-state index in [2.05, 4.69) is 12.2 Å². The minimum Gasteiger partial charge on any atom is -0.463 e. The van der Waals surface area contributed by atoms with Gasteiger partial charge >= 0.3 is 11.9 Å². The molecule has 3 unspecified atom stereocenters. The number of ether oxygens (including phenoxy) is 2. The van der Waals surface area contributed by atoms with Crippen molar-refractivity contribution in [1.82, 2.24) is 0 Å². The monoisotopic (exact) mass is 252 g/mol. The number of rotatable bonds is 5. The van der Waals surface area contributed by atoms with Crippen molar-refractivity contribution in [1.29, 1.82) is 0 Å². The zero-order valence-electron chi connectivity index (χ0n) is 10.9. The van der Waals surface area contributed by atoms with Crippen LogP contribution in [-0.2, 0) is 19.1 Å². The molecule has 4 nitrogen and oxygen atoms in total. The van der Waals surface area contributed by atoms with Crippen molar-refractivity contribution in [3.63, 3.8) is 0 Å². The number of hydrogen-bond donors (Lipinski definition) is 0. The molecule has 0 saturated heterocycles. The van der Waals surface area contributed by atoms with Crippen LogP contribution in [0, 0.1) is 23.7 Å². The minimum absolute atomic E-state index is 0.0575. The summed E-state index contributed by atoms with van der Waals surface area (Å²) in [7, 11) is 0. The normalized spacial score (nSPS) is 28.7. The zero-order valence-corrected chi connectivity index (χ0v) is 10.9. The van der Waals surface area contributed by atoms with Crippen LogP contribution in [0.2, 0.25) is 0 Å². The highest BCUT2D eigenvalue weighted by molar-refractivity contribution is 5.78. The molecular formula is C14H20O4. The Morgan fingerprint density at radius 3 is 2.56 bits per heavy atom. The molecule has 0 aromatic rings. The van der Waals surface area contributed by atoms with Crippen LogP contribution >= 0.6 is 0 Å². The van der Waals surface area contributed by atoms with Crippen LogP contribution in [0.5, 0.6) is 0 Å². The molecule has 2 rings (SSSR count). The van der Waals surface area contributed by atoms with Crippen LogP contribution in [0.25, 0.3) is 0 Å². The van der Waals surface area contributed by atoms with E-state index in [1.165, 1.54) is 0 Å². The van der Waals surface area contributed by atoms with Crippen LogP contribution in [0.4, 0.5) is 0 Å². The second-order valence-corrected chi connectivity index (χ2v) is 5.57. The Labute approximate surface area is 107 Å². The standard InChI is InChI=1S/C14H20O4/c1-9(2)7-17-13(15)8-18-14(16)12-6-10-3-4-11(12)5-10/h3-4,9-12H,5-8H2,1-2H3. The fourth-order valence-electron chi connectivity index (χ4n) is 2.59. The lowest BCUT2D eigenvalue weighted by Crippen LogP contribution is -2.25. The average Bonchev–Trinajstić information content (AvgIpc) is 2.95. The van der Waals surface area contributed by atoms with Crippen molar-refractivity contribution >= 4 is 11.9 Å². The van der Waals surface area contributed by atoms with Gasteiger partial charge in [0.15, 0.2) is 6.61 Å². The maximum absolute atomic E-state index is 11.8. The molecule has 2 aliphatic carbocycles. The van der Waals surface area contributed by atoms with Crippen LogP contribution in [-0.4, -0.2) is 25.2 Å². The topological polar surface area (TPSA) is 52.6 Å². The van der Waals surface area contributed by atoms with Crippen molar-refractivity contribution in [3.8, 4) is 0 Å². The fraction of sp³-hybridized carbons (Fsp3) is 0.714. The Balaban J connectivity index is 1.69. The highest BCUT2D eigenvalue weighted by Gasteiger charge is 2.40. The molecule has 18 heavy (non-hydrogen) atoms. The van der Waals surface area contributed by atoms with E-state index >= 15 is 0 Å². The SMILES string of the molecule is CC(C)COC(=O)COC(=O)C1CC2C=CC1C2. The van der Waals surface area contributed by atoms with E-state index in [1.54, 1.807) is 0 Å². The van der Waals surface area contributed by atoms with Crippen LogP contribution in [0.1, 0.15) is 26.7 Å². The van der Waals surface area contributed by atoms with E-state index in [0.29, 0.717) is 24.4 Å². The fourth-order valence-corrected chi connectivity index (χ4v) is 2.59.